The van der Waals surface area contributed by atoms with Crippen molar-refractivity contribution in [2.45, 2.75) is 27.7 Å². The van der Waals surface area contributed by atoms with Crippen molar-refractivity contribution < 1.29 is 4.79 Å². The molecule has 4 nitrogen and oxygen atoms in total. The monoisotopic (exact) mass is 249 g/mol. The Morgan fingerprint density at radius 1 is 1.33 bits per heavy atom. The fourth-order valence-corrected chi connectivity index (χ4v) is 1.44. The molecule has 100 valence electrons. The van der Waals surface area contributed by atoms with Gasteiger partial charge in [-0.15, -0.1) is 0 Å². The highest BCUT2D eigenvalue weighted by Gasteiger charge is 2.20. The van der Waals surface area contributed by atoms with Crippen LogP contribution in [0.3, 0.4) is 0 Å². The number of amides is 1. The highest BCUT2D eigenvalue weighted by Crippen LogP contribution is 2.24. The molecule has 0 aliphatic carbocycles. The van der Waals surface area contributed by atoms with Gasteiger partial charge in [0.25, 0.3) is 5.91 Å². The molecule has 1 amide bonds. The van der Waals surface area contributed by atoms with Crippen LogP contribution < -0.4 is 16.8 Å². The third-order valence-corrected chi connectivity index (χ3v) is 3.37. The first-order chi connectivity index (χ1) is 8.21. The summed E-state index contributed by atoms with van der Waals surface area (Å²) >= 11 is 0. The third-order valence-electron chi connectivity index (χ3n) is 3.37. The zero-order valence-corrected chi connectivity index (χ0v) is 11.6. The molecule has 0 aliphatic heterocycles. The summed E-state index contributed by atoms with van der Waals surface area (Å²) in [7, 11) is 0. The van der Waals surface area contributed by atoms with Crippen LogP contribution in [-0.2, 0) is 0 Å². The number of nitrogens with two attached hydrogens (primary N) is 2. The molecule has 0 aliphatic rings. The lowest BCUT2D eigenvalue weighted by molar-refractivity contribution is 0.0938. The summed E-state index contributed by atoms with van der Waals surface area (Å²) in [5.41, 5.74) is 13.0. The number of nitrogen functional groups attached to an aromatic ring is 2. The molecule has 1 atom stereocenters. The summed E-state index contributed by atoms with van der Waals surface area (Å²) in [5, 5.41) is 2.91. The quantitative estimate of drug-likeness (QED) is 0.719. The Hall–Kier alpha value is -1.71. The molecule has 1 aromatic rings. The first-order valence-corrected chi connectivity index (χ1v) is 6.15. The standard InChI is InChI=1S/C14H23N3O/c1-9(14(2,3)4)8-17-13(18)11-6-5-10(15)7-12(11)16/h5-7,9H,8,15-16H2,1-4H3,(H,17,18). The average Bonchev–Trinajstić information content (AvgIpc) is 2.24. The Morgan fingerprint density at radius 3 is 2.44 bits per heavy atom. The van der Waals surface area contributed by atoms with Crippen LogP contribution in [-0.4, -0.2) is 12.5 Å². The second kappa shape index (κ2) is 5.29. The summed E-state index contributed by atoms with van der Waals surface area (Å²) in [4.78, 5) is 12.0. The summed E-state index contributed by atoms with van der Waals surface area (Å²) in [6.07, 6.45) is 0. The Balaban J connectivity index is 2.66. The SMILES string of the molecule is CC(CNC(=O)c1ccc(N)cc1N)C(C)(C)C. The molecule has 5 N–H and O–H groups in total. The summed E-state index contributed by atoms with van der Waals surface area (Å²) in [6, 6.07) is 4.93. The van der Waals surface area contributed by atoms with Gasteiger partial charge in [0.05, 0.1) is 5.56 Å². The minimum Gasteiger partial charge on any atom is -0.399 e. The second-order valence-electron chi connectivity index (χ2n) is 5.82. The molecule has 0 saturated carbocycles. The van der Waals surface area contributed by atoms with Gasteiger partial charge in [-0.2, -0.15) is 0 Å². The minimum absolute atomic E-state index is 0.149. The molecule has 1 aromatic carbocycles. The van der Waals surface area contributed by atoms with E-state index in [0.717, 1.165) is 0 Å². The van der Waals surface area contributed by atoms with Crippen molar-refractivity contribution in [1.29, 1.82) is 0 Å². The molecule has 0 bridgehead atoms. The summed E-state index contributed by atoms with van der Waals surface area (Å²) in [5.74, 6) is 0.236. The molecule has 18 heavy (non-hydrogen) atoms. The van der Waals surface area contributed by atoms with Gasteiger partial charge in [-0.25, -0.2) is 0 Å². The highest BCUT2D eigenvalue weighted by atomic mass is 16.1. The largest absolute Gasteiger partial charge is 0.399 e. The van der Waals surface area contributed by atoms with E-state index >= 15 is 0 Å². The average molecular weight is 249 g/mol. The van der Waals surface area contributed by atoms with Crippen LogP contribution in [0.1, 0.15) is 38.1 Å². The zero-order chi connectivity index (χ0) is 13.9. The number of rotatable bonds is 3. The first-order valence-electron chi connectivity index (χ1n) is 6.15. The molecule has 0 aromatic heterocycles. The van der Waals surface area contributed by atoms with Crippen molar-refractivity contribution >= 4 is 17.3 Å². The fourth-order valence-electron chi connectivity index (χ4n) is 1.44. The van der Waals surface area contributed by atoms with E-state index in [2.05, 4.69) is 33.0 Å². The molecule has 0 fully saturated rings. The molecule has 0 saturated heterocycles. The number of nitrogens with one attached hydrogen (secondary N) is 1. The number of hydrogen-bond donors (Lipinski definition) is 3. The molecular formula is C14H23N3O. The van der Waals surface area contributed by atoms with Crippen molar-refractivity contribution in [2.75, 3.05) is 18.0 Å². The number of carbonyl (C=O) groups excluding carboxylic acids is 1. The maximum absolute atomic E-state index is 12.0. The van der Waals surface area contributed by atoms with E-state index in [9.17, 15) is 4.79 Å². The number of benzene rings is 1. The topological polar surface area (TPSA) is 81.1 Å². The van der Waals surface area contributed by atoms with E-state index in [-0.39, 0.29) is 11.3 Å². The normalized spacial score (nSPS) is 13.1. The van der Waals surface area contributed by atoms with Crippen molar-refractivity contribution in [3.05, 3.63) is 23.8 Å². The molecule has 0 spiro atoms. The lowest BCUT2D eigenvalue weighted by atomic mass is 9.82. The number of hydrogen-bond acceptors (Lipinski definition) is 3. The van der Waals surface area contributed by atoms with Gasteiger partial charge in [0.15, 0.2) is 0 Å². The lowest BCUT2D eigenvalue weighted by Crippen LogP contribution is -2.34. The number of anilines is 2. The Kier molecular flexibility index (Phi) is 4.22. The molecule has 0 heterocycles. The van der Waals surface area contributed by atoms with Crippen molar-refractivity contribution in [3.63, 3.8) is 0 Å². The minimum atomic E-state index is -0.149. The van der Waals surface area contributed by atoms with Gasteiger partial charge in [-0.1, -0.05) is 27.7 Å². The van der Waals surface area contributed by atoms with Gasteiger partial charge in [-0.3, -0.25) is 4.79 Å². The van der Waals surface area contributed by atoms with Crippen molar-refractivity contribution in [3.8, 4) is 0 Å². The second-order valence-corrected chi connectivity index (χ2v) is 5.82. The predicted octanol–water partition coefficient (Wildman–Crippen LogP) is 2.26. The Bertz CT molecular complexity index is 435. The van der Waals surface area contributed by atoms with Crippen LogP contribution in [0.4, 0.5) is 11.4 Å². The maximum Gasteiger partial charge on any atom is 0.253 e. The van der Waals surface area contributed by atoms with Gasteiger partial charge in [0, 0.05) is 17.9 Å². The zero-order valence-electron chi connectivity index (χ0n) is 11.6. The molecule has 4 heteroatoms. The van der Waals surface area contributed by atoms with Crippen molar-refractivity contribution in [1.82, 2.24) is 5.32 Å². The Labute approximate surface area is 109 Å². The van der Waals surface area contributed by atoms with E-state index in [4.69, 9.17) is 11.5 Å². The van der Waals surface area contributed by atoms with Crippen LogP contribution in [0.2, 0.25) is 0 Å². The van der Waals surface area contributed by atoms with Crippen LogP contribution in [0.25, 0.3) is 0 Å². The van der Waals surface area contributed by atoms with E-state index in [0.29, 0.717) is 29.4 Å². The van der Waals surface area contributed by atoms with Crippen LogP contribution >= 0.6 is 0 Å². The predicted molar refractivity (Wildman–Crippen MR) is 76.2 cm³/mol. The summed E-state index contributed by atoms with van der Waals surface area (Å²) < 4.78 is 0. The number of carbonyl (C=O) groups is 1. The maximum atomic E-state index is 12.0. The van der Waals surface area contributed by atoms with Crippen molar-refractivity contribution in [2.24, 2.45) is 11.3 Å². The van der Waals surface area contributed by atoms with Gasteiger partial charge in [0.1, 0.15) is 0 Å². The van der Waals surface area contributed by atoms with E-state index < -0.39 is 0 Å². The molecule has 1 unspecified atom stereocenters. The van der Waals surface area contributed by atoms with Crippen LogP contribution in [0.15, 0.2) is 18.2 Å². The molecule has 0 radical (unpaired) electrons. The van der Waals surface area contributed by atoms with E-state index in [1.54, 1.807) is 18.2 Å². The Morgan fingerprint density at radius 2 is 1.94 bits per heavy atom. The lowest BCUT2D eigenvalue weighted by Gasteiger charge is -2.27. The van der Waals surface area contributed by atoms with Gasteiger partial charge >= 0.3 is 0 Å². The first kappa shape index (κ1) is 14.4. The van der Waals surface area contributed by atoms with Gasteiger partial charge < -0.3 is 16.8 Å². The third kappa shape index (κ3) is 3.65. The molecule has 1 rings (SSSR count). The van der Waals surface area contributed by atoms with E-state index in [1.807, 2.05) is 0 Å². The van der Waals surface area contributed by atoms with E-state index in [1.165, 1.54) is 0 Å². The summed E-state index contributed by atoms with van der Waals surface area (Å²) in [6.45, 7) is 9.21. The van der Waals surface area contributed by atoms with Gasteiger partial charge in [-0.05, 0) is 29.5 Å². The smallest absolute Gasteiger partial charge is 0.253 e. The van der Waals surface area contributed by atoms with Crippen LogP contribution in [0, 0.1) is 11.3 Å². The van der Waals surface area contributed by atoms with Gasteiger partial charge in [0.2, 0.25) is 0 Å². The molecular weight excluding hydrogens is 226 g/mol. The highest BCUT2D eigenvalue weighted by molar-refractivity contribution is 5.99. The fraction of sp³-hybridized carbons (Fsp3) is 0.500. The van der Waals surface area contributed by atoms with Crippen LogP contribution in [0.5, 0.6) is 0 Å².